The molecule has 0 aromatic heterocycles. The second kappa shape index (κ2) is 11.4. The van der Waals surface area contributed by atoms with E-state index in [4.69, 9.17) is 21.1 Å². The Bertz CT molecular complexity index is 1310. The van der Waals surface area contributed by atoms with Crippen LogP contribution in [0.2, 0.25) is 5.02 Å². The number of nitrogens with zero attached hydrogens (tertiary/aromatic N) is 2. The van der Waals surface area contributed by atoms with E-state index in [-0.39, 0.29) is 35.2 Å². The molecule has 3 heterocycles. The van der Waals surface area contributed by atoms with Crippen molar-refractivity contribution in [1.29, 1.82) is 0 Å². The third-order valence-electron chi connectivity index (χ3n) is 7.68. The third-order valence-corrected chi connectivity index (χ3v) is 7.97. The molecule has 11 heteroatoms. The molecule has 3 aliphatic rings. The number of carbonyl (C=O) groups is 4. The third kappa shape index (κ3) is 5.84. The minimum Gasteiger partial charge on any atom is -0.491 e. The Labute approximate surface area is 231 Å². The number of nitrogens with one attached hydrogen (secondary N) is 2. The summed E-state index contributed by atoms with van der Waals surface area (Å²) < 4.78 is 11.1. The number of imide groups is 1. The van der Waals surface area contributed by atoms with Gasteiger partial charge in [-0.05, 0) is 35.9 Å². The molecule has 0 spiro atoms. The van der Waals surface area contributed by atoms with Gasteiger partial charge in [0.15, 0.2) is 6.04 Å². The van der Waals surface area contributed by atoms with Gasteiger partial charge in [-0.25, -0.2) is 9.28 Å². The lowest BCUT2D eigenvalue weighted by Crippen LogP contribution is -2.61. The van der Waals surface area contributed by atoms with Crippen LogP contribution in [0, 0.1) is 0 Å². The smallest absolute Gasteiger partial charge is 0.347 e. The average molecular weight is 556 g/mol. The molecule has 39 heavy (non-hydrogen) atoms. The Balaban J connectivity index is 1.17. The van der Waals surface area contributed by atoms with E-state index < -0.39 is 11.9 Å². The summed E-state index contributed by atoms with van der Waals surface area (Å²) in [5.41, 5.74) is 2.63. The van der Waals surface area contributed by atoms with Gasteiger partial charge in [0.1, 0.15) is 18.9 Å². The molecular formula is C28H32ClN4O6+. The number of hydrogen-bond acceptors (Lipinski definition) is 7. The van der Waals surface area contributed by atoms with Crippen molar-refractivity contribution < 1.29 is 33.1 Å². The molecule has 2 aromatic carbocycles. The van der Waals surface area contributed by atoms with Gasteiger partial charge in [-0.15, -0.1) is 0 Å². The van der Waals surface area contributed by atoms with Crippen LogP contribution in [0.1, 0.15) is 44.7 Å². The summed E-state index contributed by atoms with van der Waals surface area (Å²) in [5.74, 6) is -0.608. The zero-order valence-electron chi connectivity index (χ0n) is 21.8. The lowest BCUT2D eigenvalue weighted by molar-refractivity contribution is -0.855. The van der Waals surface area contributed by atoms with Crippen molar-refractivity contribution in [2.75, 3.05) is 46.5 Å². The van der Waals surface area contributed by atoms with Crippen molar-refractivity contribution in [3.8, 4) is 5.75 Å². The number of quaternary nitrogens is 1. The molecule has 2 N–H and O–H groups in total. The second-order valence-electron chi connectivity index (χ2n) is 10.3. The van der Waals surface area contributed by atoms with Crippen LogP contribution in [0.5, 0.6) is 5.75 Å². The molecule has 2 fully saturated rings. The van der Waals surface area contributed by atoms with Crippen molar-refractivity contribution in [2.24, 2.45) is 0 Å². The summed E-state index contributed by atoms with van der Waals surface area (Å²) in [6.45, 7) is 5.12. The quantitative estimate of drug-likeness (QED) is 0.378. The van der Waals surface area contributed by atoms with E-state index in [1.165, 1.54) is 0 Å². The van der Waals surface area contributed by atoms with Gasteiger partial charge in [-0.3, -0.25) is 24.6 Å². The maximum atomic E-state index is 13.2. The van der Waals surface area contributed by atoms with E-state index in [0.717, 1.165) is 44.0 Å². The van der Waals surface area contributed by atoms with Gasteiger partial charge >= 0.3 is 5.91 Å². The summed E-state index contributed by atoms with van der Waals surface area (Å²) in [6, 6.07) is 9.79. The predicted molar refractivity (Wildman–Crippen MR) is 142 cm³/mol. The highest BCUT2D eigenvalue weighted by Crippen LogP contribution is 2.34. The number of rotatable bonds is 8. The molecule has 2 saturated heterocycles. The number of halogens is 1. The number of amides is 4. The molecule has 0 aliphatic carbocycles. The monoisotopic (exact) mass is 555 g/mol. The highest BCUT2D eigenvalue weighted by Gasteiger charge is 2.51. The Morgan fingerprint density at radius 1 is 1.18 bits per heavy atom. The molecule has 0 saturated carbocycles. The number of likely N-dealkylation sites (N-methyl/N-ethyl adjacent to an activating group) is 1. The van der Waals surface area contributed by atoms with Crippen molar-refractivity contribution in [2.45, 2.75) is 32.0 Å². The standard InChI is InChI=1S/C28H31ClN4O6/c1-33(23-5-7-25(34)31-27(23)36)17-20-14-18(2-4-21(20)28(33)37)16-30-26(35)19-3-6-24(22(29)15-19)39-13-10-32-8-11-38-12-9-32/h2-4,6,14-15,23H,5,7-13,16-17H2,1H3,(H-,30,31,34,35,36)/p+1. The highest BCUT2D eigenvalue weighted by molar-refractivity contribution is 6.32. The first-order valence-electron chi connectivity index (χ1n) is 13.1. The fourth-order valence-electron chi connectivity index (χ4n) is 5.43. The number of piperidine rings is 1. The fraction of sp³-hybridized carbons (Fsp3) is 0.429. The van der Waals surface area contributed by atoms with Crippen molar-refractivity contribution in [3.05, 3.63) is 63.7 Å². The van der Waals surface area contributed by atoms with Gasteiger partial charge < -0.3 is 14.8 Å². The first-order chi connectivity index (χ1) is 18.7. The van der Waals surface area contributed by atoms with Crippen LogP contribution in [-0.4, -0.2) is 85.6 Å². The van der Waals surface area contributed by atoms with Crippen molar-refractivity contribution >= 4 is 35.2 Å². The Morgan fingerprint density at radius 2 is 1.97 bits per heavy atom. The molecule has 0 bridgehead atoms. The van der Waals surface area contributed by atoms with Crippen LogP contribution in [0.3, 0.4) is 0 Å². The fourth-order valence-corrected chi connectivity index (χ4v) is 5.66. The number of fused-ring (bicyclic) bond motifs is 1. The van der Waals surface area contributed by atoms with Gasteiger partial charge in [0.2, 0.25) is 5.91 Å². The first kappa shape index (κ1) is 27.3. The van der Waals surface area contributed by atoms with E-state index in [1.807, 2.05) is 6.07 Å². The minimum atomic E-state index is -0.609. The van der Waals surface area contributed by atoms with Gasteiger partial charge in [-0.2, -0.15) is 0 Å². The molecular weight excluding hydrogens is 524 g/mol. The maximum Gasteiger partial charge on any atom is 0.347 e. The van der Waals surface area contributed by atoms with Crippen molar-refractivity contribution in [1.82, 2.24) is 15.5 Å². The second-order valence-corrected chi connectivity index (χ2v) is 10.7. The molecule has 2 unspecified atom stereocenters. The van der Waals surface area contributed by atoms with E-state index in [0.29, 0.717) is 41.5 Å². The van der Waals surface area contributed by atoms with E-state index in [9.17, 15) is 19.2 Å². The number of ether oxygens (including phenoxy) is 2. The number of carbonyl (C=O) groups excluding carboxylic acids is 4. The van der Waals surface area contributed by atoms with Gasteiger partial charge in [0.25, 0.3) is 11.8 Å². The van der Waals surface area contributed by atoms with Gasteiger partial charge in [0.05, 0.1) is 30.8 Å². The van der Waals surface area contributed by atoms with E-state index in [2.05, 4.69) is 15.5 Å². The average Bonchev–Trinajstić information content (AvgIpc) is 3.18. The summed E-state index contributed by atoms with van der Waals surface area (Å²) in [5, 5.41) is 5.62. The van der Waals surface area contributed by atoms with Gasteiger partial charge in [-0.1, -0.05) is 17.7 Å². The number of hydrogen-bond donors (Lipinski definition) is 2. The van der Waals surface area contributed by atoms with Gasteiger partial charge in [0, 0.05) is 50.1 Å². The highest BCUT2D eigenvalue weighted by atomic mass is 35.5. The van der Waals surface area contributed by atoms with Crippen LogP contribution in [0.4, 0.5) is 0 Å². The molecule has 4 amide bonds. The maximum absolute atomic E-state index is 13.2. The molecule has 2 aromatic rings. The summed E-state index contributed by atoms with van der Waals surface area (Å²) in [4.78, 5) is 52.3. The molecule has 206 valence electrons. The molecule has 0 radical (unpaired) electrons. The summed E-state index contributed by atoms with van der Waals surface area (Å²) in [6.07, 6.45) is 0.556. The molecule has 2 atom stereocenters. The van der Waals surface area contributed by atoms with E-state index in [1.54, 1.807) is 37.4 Å². The summed E-state index contributed by atoms with van der Waals surface area (Å²) in [7, 11) is 1.74. The minimum absolute atomic E-state index is 0.0936. The SMILES string of the molecule is C[N+]1(C2CCC(=O)NC2=O)Cc2cc(CNC(=O)c3ccc(OCCN4CCOCC4)c(Cl)c3)ccc2C1=O. The van der Waals surface area contributed by atoms with Crippen LogP contribution in [0.25, 0.3) is 0 Å². The number of benzene rings is 2. The molecule has 10 nitrogen and oxygen atoms in total. The Morgan fingerprint density at radius 3 is 2.72 bits per heavy atom. The number of morpholine rings is 1. The lowest BCUT2D eigenvalue weighted by Gasteiger charge is -2.35. The van der Waals surface area contributed by atoms with Crippen molar-refractivity contribution in [3.63, 3.8) is 0 Å². The Kier molecular flexibility index (Phi) is 7.99. The molecule has 3 aliphatic heterocycles. The Hall–Kier alpha value is -3.31. The van der Waals surface area contributed by atoms with Crippen LogP contribution >= 0.6 is 11.6 Å². The van der Waals surface area contributed by atoms with Crippen LogP contribution < -0.4 is 15.4 Å². The topological polar surface area (TPSA) is 114 Å². The lowest BCUT2D eigenvalue weighted by atomic mass is 10.0. The largest absolute Gasteiger partial charge is 0.491 e. The summed E-state index contributed by atoms with van der Waals surface area (Å²) >= 11 is 6.38. The first-order valence-corrected chi connectivity index (χ1v) is 13.5. The zero-order chi connectivity index (χ0) is 27.6. The van der Waals surface area contributed by atoms with E-state index >= 15 is 0 Å². The normalized spacial score (nSPS) is 23.3. The van der Waals surface area contributed by atoms with Crippen LogP contribution in [-0.2, 0) is 27.4 Å². The van der Waals surface area contributed by atoms with Crippen LogP contribution in [0.15, 0.2) is 36.4 Å². The zero-order valence-corrected chi connectivity index (χ0v) is 22.6. The predicted octanol–water partition coefficient (Wildman–Crippen LogP) is 1.89. The molecule has 5 rings (SSSR count).